The van der Waals surface area contributed by atoms with Gasteiger partial charge in [-0.25, -0.2) is 4.98 Å². The topological polar surface area (TPSA) is 67.2 Å². The minimum Gasteiger partial charge on any atom is -0.481 e. The van der Waals surface area contributed by atoms with Crippen molar-refractivity contribution in [2.75, 3.05) is 7.05 Å². The van der Waals surface area contributed by atoms with E-state index < -0.39 is 11.9 Å². The number of carbonyl (C=O) groups is 1. The van der Waals surface area contributed by atoms with Gasteiger partial charge < -0.3 is 15.0 Å². The third kappa shape index (κ3) is 2.33. The molecule has 0 amide bonds. The Hall–Kier alpha value is -1.88. The molecule has 5 heteroatoms. The van der Waals surface area contributed by atoms with Crippen LogP contribution < -0.4 is 5.32 Å². The summed E-state index contributed by atoms with van der Waals surface area (Å²) in [6.45, 7) is 3.66. The molecular formula is C14H19N3O2. The summed E-state index contributed by atoms with van der Waals surface area (Å²) in [4.78, 5) is 15.6. The van der Waals surface area contributed by atoms with Crippen molar-refractivity contribution in [1.82, 2.24) is 14.9 Å². The SMILES string of the molecule is CNC(c1ccc2c(c1)nc(C)n2C)C(C)C(=O)O. The van der Waals surface area contributed by atoms with Crippen molar-refractivity contribution in [3.05, 3.63) is 29.6 Å². The van der Waals surface area contributed by atoms with Crippen molar-refractivity contribution in [3.8, 4) is 0 Å². The molecule has 102 valence electrons. The summed E-state index contributed by atoms with van der Waals surface area (Å²) in [6, 6.07) is 5.69. The van der Waals surface area contributed by atoms with Crippen molar-refractivity contribution >= 4 is 17.0 Å². The van der Waals surface area contributed by atoms with Gasteiger partial charge in [0.15, 0.2) is 0 Å². The molecule has 0 aliphatic rings. The number of fused-ring (bicyclic) bond motifs is 1. The standard InChI is InChI=1S/C14H19N3O2/c1-8(14(18)19)13(15-3)10-5-6-12-11(7-10)16-9(2)17(12)4/h5-8,13,15H,1-4H3,(H,18,19). The first-order chi connectivity index (χ1) is 8.95. The number of nitrogens with one attached hydrogen (secondary N) is 1. The highest BCUT2D eigenvalue weighted by Gasteiger charge is 2.24. The number of nitrogens with zero attached hydrogens (tertiary/aromatic N) is 2. The third-order valence-corrected chi connectivity index (χ3v) is 3.69. The largest absolute Gasteiger partial charge is 0.481 e. The van der Waals surface area contributed by atoms with E-state index in [4.69, 9.17) is 5.11 Å². The van der Waals surface area contributed by atoms with Gasteiger partial charge in [0.25, 0.3) is 0 Å². The Labute approximate surface area is 112 Å². The van der Waals surface area contributed by atoms with Crippen molar-refractivity contribution in [2.24, 2.45) is 13.0 Å². The third-order valence-electron chi connectivity index (χ3n) is 3.69. The average molecular weight is 261 g/mol. The lowest BCUT2D eigenvalue weighted by Gasteiger charge is -2.20. The summed E-state index contributed by atoms with van der Waals surface area (Å²) in [7, 11) is 3.75. The maximum absolute atomic E-state index is 11.1. The van der Waals surface area contributed by atoms with Gasteiger partial charge in [0.2, 0.25) is 0 Å². The Morgan fingerprint density at radius 1 is 1.47 bits per heavy atom. The van der Waals surface area contributed by atoms with Crippen LogP contribution in [0.4, 0.5) is 0 Å². The van der Waals surface area contributed by atoms with E-state index in [0.717, 1.165) is 22.4 Å². The van der Waals surface area contributed by atoms with Gasteiger partial charge in [-0.05, 0) is 31.7 Å². The summed E-state index contributed by atoms with van der Waals surface area (Å²) in [6.07, 6.45) is 0. The second-order valence-corrected chi connectivity index (χ2v) is 4.86. The highest BCUT2D eigenvalue weighted by atomic mass is 16.4. The Bertz CT molecular complexity index is 618. The molecule has 2 atom stereocenters. The lowest BCUT2D eigenvalue weighted by Crippen LogP contribution is -2.28. The number of rotatable bonds is 4. The molecule has 2 N–H and O–H groups in total. The first-order valence-corrected chi connectivity index (χ1v) is 6.28. The average Bonchev–Trinajstić information content (AvgIpc) is 2.65. The quantitative estimate of drug-likeness (QED) is 0.881. The lowest BCUT2D eigenvalue weighted by molar-refractivity contribution is -0.142. The van der Waals surface area contributed by atoms with E-state index in [-0.39, 0.29) is 6.04 Å². The van der Waals surface area contributed by atoms with Gasteiger partial charge in [-0.2, -0.15) is 0 Å². The second-order valence-electron chi connectivity index (χ2n) is 4.86. The predicted octanol–water partition coefficient (Wildman–Crippen LogP) is 1.86. The summed E-state index contributed by atoms with van der Waals surface area (Å²) >= 11 is 0. The molecule has 1 aromatic carbocycles. The minimum atomic E-state index is -0.809. The van der Waals surface area contributed by atoms with Crippen LogP contribution in [0.15, 0.2) is 18.2 Å². The molecule has 0 bridgehead atoms. The molecule has 0 aliphatic heterocycles. The fraction of sp³-hybridized carbons (Fsp3) is 0.429. The maximum atomic E-state index is 11.1. The van der Waals surface area contributed by atoms with Crippen LogP contribution in [-0.4, -0.2) is 27.7 Å². The molecule has 0 radical (unpaired) electrons. The van der Waals surface area contributed by atoms with Gasteiger partial charge in [0, 0.05) is 13.1 Å². The molecule has 1 aromatic heterocycles. The molecular weight excluding hydrogens is 242 g/mol. The van der Waals surface area contributed by atoms with Crippen LogP contribution >= 0.6 is 0 Å². The number of carboxylic acid groups (broad SMARTS) is 1. The molecule has 0 aliphatic carbocycles. The molecule has 0 saturated heterocycles. The highest BCUT2D eigenvalue weighted by Crippen LogP contribution is 2.25. The van der Waals surface area contributed by atoms with Crippen molar-refractivity contribution in [1.29, 1.82) is 0 Å². The Morgan fingerprint density at radius 3 is 2.74 bits per heavy atom. The number of aryl methyl sites for hydroxylation is 2. The van der Waals surface area contributed by atoms with E-state index in [1.165, 1.54) is 0 Å². The second kappa shape index (κ2) is 5.01. The van der Waals surface area contributed by atoms with Crippen LogP contribution in [0, 0.1) is 12.8 Å². The van der Waals surface area contributed by atoms with Gasteiger partial charge >= 0.3 is 5.97 Å². The highest BCUT2D eigenvalue weighted by molar-refractivity contribution is 5.77. The summed E-state index contributed by atoms with van der Waals surface area (Å²) in [5.41, 5.74) is 2.90. The number of hydrogen-bond acceptors (Lipinski definition) is 3. The first kappa shape index (κ1) is 13.5. The molecule has 0 saturated carbocycles. The summed E-state index contributed by atoms with van der Waals surface area (Å²) < 4.78 is 2.02. The molecule has 2 unspecified atom stereocenters. The van der Waals surface area contributed by atoms with Gasteiger partial charge in [-0.3, -0.25) is 4.79 Å². The van der Waals surface area contributed by atoms with Crippen molar-refractivity contribution in [3.63, 3.8) is 0 Å². The predicted molar refractivity (Wildman–Crippen MR) is 74.1 cm³/mol. The van der Waals surface area contributed by atoms with Crippen LogP contribution in [0.2, 0.25) is 0 Å². The zero-order valence-corrected chi connectivity index (χ0v) is 11.6. The fourth-order valence-electron chi connectivity index (χ4n) is 2.38. The summed E-state index contributed by atoms with van der Waals surface area (Å²) in [5.74, 6) is -0.358. The molecule has 19 heavy (non-hydrogen) atoms. The number of carboxylic acids is 1. The Balaban J connectivity index is 2.47. The fourth-order valence-corrected chi connectivity index (χ4v) is 2.38. The molecule has 0 fully saturated rings. The van der Waals surface area contributed by atoms with Crippen LogP contribution in [0.25, 0.3) is 11.0 Å². The number of benzene rings is 1. The minimum absolute atomic E-state index is 0.218. The van der Waals surface area contributed by atoms with Crippen LogP contribution in [0.1, 0.15) is 24.4 Å². The van der Waals surface area contributed by atoms with Gasteiger partial charge in [-0.15, -0.1) is 0 Å². The van der Waals surface area contributed by atoms with E-state index in [0.29, 0.717) is 0 Å². The van der Waals surface area contributed by atoms with E-state index in [1.807, 2.05) is 36.7 Å². The normalized spacial score (nSPS) is 14.5. The van der Waals surface area contributed by atoms with E-state index >= 15 is 0 Å². The van der Waals surface area contributed by atoms with Crippen molar-refractivity contribution in [2.45, 2.75) is 19.9 Å². The summed E-state index contributed by atoms with van der Waals surface area (Å²) in [5, 5.41) is 12.2. The van der Waals surface area contributed by atoms with Gasteiger partial charge in [0.1, 0.15) is 5.82 Å². The monoisotopic (exact) mass is 261 g/mol. The van der Waals surface area contributed by atoms with Crippen LogP contribution in [0.5, 0.6) is 0 Å². The molecule has 2 rings (SSSR count). The van der Waals surface area contributed by atoms with Gasteiger partial charge in [-0.1, -0.05) is 13.0 Å². The number of imidazole rings is 1. The van der Waals surface area contributed by atoms with E-state index in [2.05, 4.69) is 10.3 Å². The Kier molecular flexibility index (Phi) is 3.57. The van der Waals surface area contributed by atoms with E-state index in [9.17, 15) is 4.79 Å². The molecule has 2 aromatic rings. The number of hydrogen-bond donors (Lipinski definition) is 2. The number of aromatic nitrogens is 2. The first-order valence-electron chi connectivity index (χ1n) is 6.28. The maximum Gasteiger partial charge on any atom is 0.308 e. The zero-order valence-electron chi connectivity index (χ0n) is 11.6. The molecule has 1 heterocycles. The van der Waals surface area contributed by atoms with E-state index in [1.54, 1.807) is 14.0 Å². The lowest BCUT2D eigenvalue weighted by atomic mass is 9.94. The molecule has 5 nitrogen and oxygen atoms in total. The Morgan fingerprint density at radius 2 is 2.16 bits per heavy atom. The molecule has 0 spiro atoms. The van der Waals surface area contributed by atoms with Crippen molar-refractivity contribution < 1.29 is 9.90 Å². The van der Waals surface area contributed by atoms with Gasteiger partial charge in [0.05, 0.1) is 17.0 Å². The van der Waals surface area contributed by atoms with Crippen LogP contribution in [-0.2, 0) is 11.8 Å². The van der Waals surface area contributed by atoms with Crippen LogP contribution in [0.3, 0.4) is 0 Å². The smallest absolute Gasteiger partial charge is 0.308 e. The number of aliphatic carboxylic acids is 1. The zero-order chi connectivity index (χ0) is 14.2.